The lowest BCUT2D eigenvalue weighted by molar-refractivity contribution is -0.144. The zero-order valence-corrected chi connectivity index (χ0v) is 21.4. The number of hydrogen-bond donors (Lipinski definition) is 4. The topological polar surface area (TPSA) is 121 Å². The van der Waals surface area contributed by atoms with Crippen molar-refractivity contribution < 1.29 is 24.5 Å². The van der Waals surface area contributed by atoms with Crippen LogP contribution in [0.15, 0.2) is 30.3 Å². The van der Waals surface area contributed by atoms with Crippen LogP contribution in [0.4, 0.5) is 5.13 Å². The summed E-state index contributed by atoms with van der Waals surface area (Å²) in [7, 11) is 1.46. The molecule has 1 fully saturated rings. The molecule has 5 atom stereocenters. The standard InChI is InChI=1S/C26H35N3O5S/c1-25-10-9-20(31)26(2,15-30)19(25)12-18-23(29-24(35-18)28-22(33)14-34-3)17(25)11-21(32)27-13-16-7-5-4-6-8-16/h4-8,17,19-20,30-31H,9-15H2,1-3H3,(H,27,32)(H,28,29,33). The highest BCUT2D eigenvalue weighted by Crippen LogP contribution is 2.62. The third kappa shape index (κ3) is 5.00. The molecule has 0 aliphatic heterocycles. The summed E-state index contributed by atoms with van der Waals surface area (Å²) in [5.41, 5.74) is 0.843. The van der Waals surface area contributed by atoms with Gasteiger partial charge in [-0.05, 0) is 36.2 Å². The summed E-state index contributed by atoms with van der Waals surface area (Å²) >= 11 is 1.40. The SMILES string of the molecule is COCC(=O)Nc1nc2c(s1)CC1C(C)(CO)C(O)CCC1(C)C2CC(=O)NCc1ccccc1. The fraction of sp³-hybridized carbons (Fsp3) is 0.577. The smallest absolute Gasteiger partial charge is 0.252 e. The van der Waals surface area contributed by atoms with Gasteiger partial charge in [-0.1, -0.05) is 44.2 Å². The number of aliphatic hydroxyl groups is 2. The van der Waals surface area contributed by atoms with Crippen LogP contribution in [0, 0.1) is 16.7 Å². The summed E-state index contributed by atoms with van der Waals surface area (Å²) in [5, 5.41) is 27.6. The maximum Gasteiger partial charge on any atom is 0.252 e. The Hall–Kier alpha value is -2.33. The highest BCUT2D eigenvalue weighted by molar-refractivity contribution is 7.15. The number of carbonyl (C=O) groups is 2. The monoisotopic (exact) mass is 501 g/mol. The van der Waals surface area contributed by atoms with Crippen LogP contribution < -0.4 is 10.6 Å². The minimum atomic E-state index is -0.688. The van der Waals surface area contributed by atoms with E-state index >= 15 is 0 Å². The number of fused-ring (bicyclic) bond motifs is 2. The zero-order chi connectivity index (χ0) is 25.2. The summed E-state index contributed by atoms with van der Waals surface area (Å²) in [4.78, 5) is 31.0. The highest BCUT2D eigenvalue weighted by atomic mass is 32.1. The Kier molecular flexibility index (Phi) is 7.61. The van der Waals surface area contributed by atoms with Gasteiger partial charge in [0.1, 0.15) is 6.61 Å². The van der Waals surface area contributed by atoms with Crippen molar-refractivity contribution in [3.05, 3.63) is 46.5 Å². The third-order valence-corrected chi connectivity index (χ3v) is 9.15. The number of anilines is 1. The Morgan fingerprint density at radius 3 is 2.66 bits per heavy atom. The van der Waals surface area contributed by atoms with Crippen molar-refractivity contribution in [3.8, 4) is 0 Å². The van der Waals surface area contributed by atoms with E-state index in [2.05, 4.69) is 17.6 Å². The van der Waals surface area contributed by atoms with E-state index in [9.17, 15) is 19.8 Å². The molecule has 1 saturated carbocycles. The number of hydrogen-bond acceptors (Lipinski definition) is 7. The number of aliphatic hydroxyl groups excluding tert-OH is 2. The average molecular weight is 502 g/mol. The second-order valence-electron chi connectivity index (χ2n) is 10.3. The molecule has 8 nitrogen and oxygen atoms in total. The van der Waals surface area contributed by atoms with Gasteiger partial charge in [-0.25, -0.2) is 4.98 Å². The van der Waals surface area contributed by atoms with Gasteiger partial charge in [0.05, 0.1) is 18.4 Å². The van der Waals surface area contributed by atoms with E-state index in [0.717, 1.165) is 22.6 Å². The number of benzene rings is 1. The Morgan fingerprint density at radius 2 is 1.97 bits per heavy atom. The second-order valence-corrected chi connectivity index (χ2v) is 11.4. The lowest BCUT2D eigenvalue weighted by Gasteiger charge is -2.58. The van der Waals surface area contributed by atoms with E-state index in [1.807, 2.05) is 37.3 Å². The Labute approximate surface area is 210 Å². The molecule has 4 N–H and O–H groups in total. The molecule has 1 heterocycles. The molecule has 1 aromatic carbocycles. The van der Waals surface area contributed by atoms with Crippen LogP contribution in [0.3, 0.4) is 0 Å². The fourth-order valence-corrected chi connectivity index (χ4v) is 7.12. The van der Waals surface area contributed by atoms with E-state index in [1.54, 1.807) is 0 Å². The summed E-state index contributed by atoms with van der Waals surface area (Å²) < 4.78 is 4.92. The number of nitrogens with one attached hydrogen (secondary N) is 2. The lowest BCUT2D eigenvalue weighted by Crippen LogP contribution is -2.57. The van der Waals surface area contributed by atoms with Gasteiger partial charge in [0.15, 0.2) is 5.13 Å². The van der Waals surface area contributed by atoms with E-state index in [-0.39, 0.29) is 48.7 Å². The van der Waals surface area contributed by atoms with E-state index in [0.29, 0.717) is 24.5 Å². The lowest BCUT2D eigenvalue weighted by atomic mass is 9.47. The van der Waals surface area contributed by atoms with Gasteiger partial charge in [-0.2, -0.15) is 0 Å². The predicted molar refractivity (Wildman–Crippen MR) is 134 cm³/mol. The number of amides is 2. The predicted octanol–water partition coefficient (Wildman–Crippen LogP) is 2.85. The van der Waals surface area contributed by atoms with E-state index < -0.39 is 11.5 Å². The number of aromatic nitrogens is 1. The molecule has 1 aromatic heterocycles. The molecule has 2 aliphatic carbocycles. The van der Waals surface area contributed by atoms with Crippen molar-refractivity contribution in [3.63, 3.8) is 0 Å². The van der Waals surface area contributed by atoms with Crippen LogP contribution >= 0.6 is 11.3 Å². The van der Waals surface area contributed by atoms with Crippen LogP contribution in [0.1, 0.15) is 55.2 Å². The summed E-state index contributed by atoms with van der Waals surface area (Å²) in [6.45, 7) is 4.36. The third-order valence-electron chi connectivity index (χ3n) is 8.14. The Morgan fingerprint density at radius 1 is 1.23 bits per heavy atom. The molecule has 2 aliphatic rings. The summed E-state index contributed by atoms with van der Waals surface area (Å²) in [6, 6.07) is 9.77. The molecule has 0 spiro atoms. The first-order valence-corrected chi connectivity index (χ1v) is 12.9. The summed E-state index contributed by atoms with van der Waals surface area (Å²) in [6.07, 6.45) is 1.56. The normalized spacial score (nSPS) is 29.7. The van der Waals surface area contributed by atoms with Gasteiger partial charge < -0.3 is 20.3 Å². The minimum absolute atomic E-state index is 0.0360. The fourth-order valence-electron chi connectivity index (χ4n) is 6.04. The molecular weight excluding hydrogens is 466 g/mol. The largest absolute Gasteiger partial charge is 0.396 e. The molecule has 0 bridgehead atoms. The number of carbonyl (C=O) groups excluding carboxylic acids is 2. The van der Waals surface area contributed by atoms with Gasteiger partial charge in [0, 0.05) is 36.3 Å². The van der Waals surface area contributed by atoms with Crippen molar-refractivity contribution in [2.45, 2.75) is 58.1 Å². The number of nitrogens with zero attached hydrogens (tertiary/aromatic N) is 1. The van der Waals surface area contributed by atoms with Crippen molar-refractivity contribution in [1.82, 2.24) is 10.3 Å². The Balaban J connectivity index is 1.64. The van der Waals surface area contributed by atoms with Gasteiger partial charge >= 0.3 is 0 Å². The number of ether oxygens (including phenoxy) is 1. The number of rotatable bonds is 8. The maximum atomic E-state index is 13.2. The van der Waals surface area contributed by atoms with Crippen molar-refractivity contribution in [2.75, 3.05) is 25.6 Å². The molecule has 0 saturated heterocycles. The Bertz CT molecular complexity index is 1060. The maximum absolute atomic E-state index is 13.2. The molecule has 2 aromatic rings. The van der Waals surface area contributed by atoms with Crippen molar-refractivity contribution in [2.24, 2.45) is 16.7 Å². The number of methoxy groups -OCH3 is 1. The van der Waals surface area contributed by atoms with Crippen molar-refractivity contribution in [1.29, 1.82) is 0 Å². The van der Waals surface area contributed by atoms with Crippen LogP contribution in [0.2, 0.25) is 0 Å². The molecule has 2 amide bonds. The molecule has 190 valence electrons. The zero-order valence-electron chi connectivity index (χ0n) is 20.5. The summed E-state index contributed by atoms with van der Waals surface area (Å²) in [5.74, 6) is -0.586. The van der Waals surface area contributed by atoms with Crippen LogP contribution in [0.5, 0.6) is 0 Å². The molecule has 4 rings (SSSR count). The molecule has 5 unspecified atom stereocenters. The number of thiazole rings is 1. The highest BCUT2D eigenvalue weighted by Gasteiger charge is 2.59. The quantitative estimate of drug-likeness (QED) is 0.441. The first kappa shape index (κ1) is 25.8. The molecule has 35 heavy (non-hydrogen) atoms. The minimum Gasteiger partial charge on any atom is -0.396 e. The first-order valence-electron chi connectivity index (χ1n) is 12.1. The van der Waals surface area contributed by atoms with Gasteiger partial charge in [0.2, 0.25) is 5.91 Å². The molecule has 0 radical (unpaired) electrons. The first-order chi connectivity index (χ1) is 16.7. The van der Waals surface area contributed by atoms with Gasteiger partial charge in [-0.15, -0.1) is 11.3 Å². The van der Waals surface area contributed by atoms with Crippen LogP contribution in [0.25, 0.3) is 0 Å². The second kappa shape index (κ2) is 10.3. The molecular formula is C26H35N3O5S. The van der Waals surface area contributed by atoms with Crippen LogP contribution in [-0.4, -0.2) is 53.4 Å². The average Bonchev–Trinajstić information content (AvgIpc) is 3.24. The van der Waals surface area contributed by atoms with Crippen molar-refractivity contribution >= 4 is 28.3 Å². The van der Waals surface area contributed by atoms with Crippen LogP contribution in [-0.2, 0) is 27.3 Å². The van der Waals surface area contributed by atoms with Gasteiger partial charge in [0.25, 0.3) is 5.91 Å². The van der Waals surface area contributed by atoms with E-state index in [1.165, 1.54) is 18.4 Å². The van der Waals surface area contributed by atoms with E-state index in [4.69, 9.17) is 9.72 Å². The van der Waals surface area contributed by atoms with Gasteiger partial charge in [-0.3, -0.25) is 14.9 Å². The molecule has 9 heteroatoms.